The van der Waals surface area contributed by atoms with Crippen LogP contribution in [0.5, 0.6) is 0 Å². The Labute approximate surface area is 263 Å². The second kappa shape index (κ2) is 11.4. The molecule has 2 aliphatic carbocycles. The SMILES string of the molecule is [C-]#[N+]C1=C(c2cc(F)c([N+]#[C-])cc2F)/C(=C(/C#N)[N+]#[C-])c2cc3c(c(C#N)c21)/C(=C(/C#N)[N+]#[C-])C(c1ccc(C#N)nc1F)=C3C#N. The van der Waals surface area contributed by atoms with Gasteiger partial charge in [-0.1, -0.05) is 0 Å². The quantitative estimate of drug-likeness (QED) is 0.168. The summed E-state index contributed by atoms with van der Waals surface area (Å²) in [5.41, 5.74) is -7.12. The Balaban J connectivity index is 2.03. The average Bonchev–Trinajstić information content (AvgIpc) is 3.58. The van der Waals surface area contributed by atoms with Gasteiger partial charge in [-0.15, -0.1) is 0 Å². The lowest BCUT2D eigenvalue weighted by Gasteiger charge is -2.14. The Kier molecular flexibility index (Phi) is 7.36. The number of rotatable bonds is 2. The first-order valence-corrected chi connectivity index (χ1v) is 12.6. The lowest BCUT2D eigenvalue weighted by molar-refractivity contribution is 0.579. The zero-order valence-corrected chi connectivity index (χ0v) is 23.0. The van der Waals surface area contributed by atoms with Gasteiger partial charge in [0.1, 0.15) is 29.5 Å². The molecule has 0 saturated carbocycles. The summed E-state index contributed by atoms with van der Waals surface area (Å²) in [6, 6.07) is 13.3. The number of halogens is 3. The molecule has 5 rings (SSSR count). The van der Waals surface area contributed by atoms with E-state index in [-0.39, 0.29) is 50.2 Å². The predicted octanol–water partition coefficient (Wildman–Crippen LogP) is 7.35. The Hall–Kier alpha value is -8.25. The monoisotopic (exact) mass is 610 g/mol. The van der Waals surface area contributed by atoms with Crippen LogP contribution in [0.4, 0.5) is 18.9 Å². The van der Waals surface area contributed by atoms with Gasteiger partial charge in [0.25, 0.3) is 11.4 Å². The molecule has 2 aliphatic rings. The maximum absolute atomic E-state index is 15.5. The minimum absolute atomic E-state index is 0.159. The van der Waals surface area contributed by atoms with Crippen molar-refractivity contribution < 1.29 is 13.2 Å². The summed E-state index contributed by atoms with van der Waals surface area (Å²) in [5, 5.41) is 49.9. The lowest BCUT2D eigenvalue weighted by Crippen LogP contribution is -2.01. The predicted molar refractivity (Wildman–Crippen MR) is 157 cm³/mol. The van der Waals surface area contributed by atoms with Gasteiger partial charge in [-0.05, 0) is 52.6 Å². The number of fused-ring (bicyclic) bond motifs is 2. The van der Waals surface area contributed by atoms with Gasteiger partial charge in [0.2, 0.25) is 17.3 Å². The molecule has 2 aromatic carbocycles. The van der Waals surface area contributed by atoms with Crippen LogP contribution in [0, 0.1) is 101 Å². The van der Waals surface area contributed by atoms with E-state index < -0.39 is 62.6 Å². The molecule has 47 heavy (non-hydrogen) atoms. The van der Waals surface area contributed by atoms with Crippen LogP contribution in [0.3, 0.4) is 0 Å². The van der Waals surface area contributed by atoms with Crippen molar-refractivity contribution in [2.45, 2.75) is 0 Å². The van der Waals surface area contributed by atoms with Crippen molar-refractivity contribution >= 4 is 39.2 Å². The van der Waals surface area contributed by atoms with Crippen LogP contribution >= 0.6 is 0 Å². The Morgan fingerprint density at radius 1 is 0.660 bits per heavy atom. The molecule has 1 heterocycles. The van der Waals surface area contributed by atoms with Crippen LogP contribution < -0.4 is 0 Å². The van der Waals surface area contributed by atoms with Crippen LogP contribution in [0.25, 0.3) is 52.9 Å². The minimum atomic E-state index is -1.24. The molecule has 0 N–H and O–H groups in total. The first-order chi connectivity index (χ1) is 22.7. The molecular weight excluding hydrogens is 605 g/mol. The molecule has 3 aromatic rings. The summed E-state index contributed by atoms with van der Waals surface area (Å²) >= 11 is 0. The van der Waals surface area contributed by atoms with Gasteiger partial charge in [0, 0.05) is 33.4 Å². The molecule has 0 fully saturated rings. The molecule has 0 spiro atoms. The highest BCUT2D eigenvalue weighted by Gasteiger charge is 2.41. The van der Waals surface area contributed by atoms with E-state index in [0.717, 1.165) is 12.1 Å². The second-order valence-electron chi connectivity index (χ2n) is 9.34. The molecule has 13 heteroatoms. The molecule has 1 aromatic heterocycles. The molecule has 10 nitrogen and oxygen atoms in total. The third-order valence-electron chi connectivity index (χ3n) is 7.24. The van der Waals surface area contributed by atoms with E-state index in [4.69, 9.17) is 31.6 Å². The van der Waals surface area contributed by atoms with E-state index in [9.17, 15) is 25.4 Å². The third kappa shape index (κ3) is 4.23. The number of aromatic nitrogens is 1. The van der Waals surface area contributed by atoms with Crippen LogP contribution in [0.1, 0.15) is 44.6 Å². The van der Waals surface area contributed by atoms with Gasteiger partial charge < -0.3 is 0 Å². The summed E-state index contributed by atoms with van der Waals surface area (Å²) in [6.07, 6.45) is 0. The van der Waals surface area contributed by atoms with Crippen LogP contribution in [0.15, 0.2) is 41.7 Å². The molecule has 0 aliphatic heterocycles. The largest absolute Gasteiger partial charge is 0.270 e. The van der Waals surface area contributed by atoms with Crippen molar-refractivity contribution in [2.24, 2.45) is 0 Å². The maximum Gasteiger partial charge on any atom is 0.270 e. The van der Waals surface area contributed by atoms with Gasteiger partial charge in [-0.25, -0.2) is 43.7 Å². The Bertz CT molecular complexity index is 2560. The number of pyridine rings is 1. The summed E-state index contributed by atoms with van der Waals surface area (Å²) in [4.78, 5) is 16.3. The first-order valence-electron chi connectivity index (χ1n) is 12.6. The van der Waals surface area contributed by atoms with Crippen LogP contribution in [-0.4, -0.2) is 4.98 Å². The smallest absolute Gasteiger partial charge is 0.237 e. The third-order valence-corrected chi connectivity index (χ3v) is 7.24. The van der Waals surface area contributed by atoms with Crippen LogP contribution in [-0.2, 0) is 0 Å². The van der Waals surface area contributed by atoms with Gasteiger partial charge in [-0.2, -0.15) is 20.2 Å². The summed E-state index contributed by atoms with van der Waals surface area (Å²) < 4.78 is 45.7. The van der Waals surface area contributed by atoms with Gasteiger partial charge in [0.05, 0.1) is 55.6 Å². The lowest BCUT2D eigenvalue weighted by atomic mass is 9.87. The Morgan fingerprint density at radius 3 is 1.87 bits per heavy atom. The number of nitriles is 5. The van der Waals surface area contributed by atoms with Crippen molar-refractivity contribution in [3.8, 4) is 30.3 Å². The molecular formula is C34H5F3N10. The molecule has 212 valence electrons. The number of hydrogen-bond donors (Lipinski definition) is 0. The van der Waals surface area contributed by atoms with Crippen LogP contribution in [0.2, 0.25) is 0 Å². The molecule has 0 unspecified atom stereocenters. The maximum atomic E-state index is 15.5. The van der Waals surface area contributed by atoms with Gasteiger partial charge in [0.15, 0.2) is 0 Å². The summed E-state index contributed by atoms with van der Waals surface area (Å²) in [7, 11) is 0. The van der Waals surface area contributed by atoms with Crippen molar-refractivity contribution in [1.82, 2.24) is 4.98 Å². The highest BCUT2D eigenvalue weighted by molar-refractivity contribution is 6.30. The van der Waals surface area contributed by atoms with Crippen molar-refractivity contribution in [3.05, 3.63) is 150 Å². The highest BCUT2D eigenvalue weighted by Crippen LogP contribution is 2.57. The zero-order chi connectivity index (χ0) is 34.2. The minimum Gasteiger partial charge on any atom is -0.237 e. The fraction of sp³-hybridized carbons (Fsp3) is 0. The molecule has 0 saturated heterocycles. The van der Waals surface area contributed by atoms with Crippen molar-refractivity contribution in [1.29, 1.82) is 26.3 Å². The van der Waals surface area contributed by atoms with E-state index in [1.165, 1.54) is 6.07 Å². The van der Waals surface area contributed by atoms with Crippen molar-refractivity contribution in [3.63, 3.8) is 0 Å². The van der Waals surface area contributed by atoms with E-state index in [1.54, 1.807) is 18.2 Å². The Morgan fingerprint density at radius 2 is 1.34 bits per heavy atom. The zero-order valence-electron chi connectivity index (χ0n) is 23.0. The molecule has 0 radical (unpaired) electrons. The van der Waals surface area contributed by atoms with E-state index >= 15 is 8.78 Å². The molecule has 0 bridgehead atoms. The normalized spacial score (nSPS) is 14.4. The number of benzene rings is 2. The number of nitrogens with zero attached hydrogens (tertiary/aromatic N) is 10. The average molecular weight is 610 g/mol. The first kappa shape index (κ1) is 30.2. The highest BCUT2D eigenvalue weighted by atomic mass is 19.1. The fourth-order valence-corrected chi connectivity index (χ4v) is 5.47. The van der Waals surface area contributed by atoms with E-state index in [1.807, 2.05) is 12.1 Å². The number of allylic oxidation sites excluding steroid dienone is 7. The summed E-state index contributed by atoms with van der Waals surface area (Å²) in [5.74, 6) is -3.60. The number of hydrogen-bond acceptors (Lipinski definition) is 6. The van der Waals surface area contributed by atoms with E-state index in [2.05, 4.69) is 24.4 Å². The molecule has 0 atom stereocenters. The van der Waals surface area contributed by atoms with Crippen molar-refractivity contribution in [2.75, 3.05) is 0 Å². The standard InChI is InChI=1S/C34H5F3N10/c1-43-24-9-22(35)18(8-23(24)36)31-30(25(13-41)44-2)19-7-17-20(11-39)27(16-6-5-15(10-38)47-34(16)37)32(26(14-42)45-3)28(17)21(12-40)29(19)33(31)46-4/h5-9H/b30-25-,32-26-. The topological polar surface area (TPSA) is 149 Å². The fourth-order valence-electron chi connectivity index (χ4n) is 5.47. The second-order valence-corrected chi connectivity index (χ2v) is 9.34. The molecule has 0 amide bonds. The summed E-state index contributed by atoms with van der Waals surface area (Å²) in [6.45, 7) is 30.4. The van der Waals surface area contributed by atoms with E-state index in [0.29, 0.717) is 12.1 Å². The van der Waals surface area contributed by atoms with Gasteiger partial charge >= 0.3 is 0 Å². The van der Waals surface area contributed by atoms with Gasteiger partial charge in [-0.3, -0.25) is 0 Å².